The number of nitrogens with one attached hydrogen (secondary N) is 1. The van der Waals surface area contributed by atoms with Crippen LogP contribution in [0, 0.1) is 0 Å². The minimum atomic E-state index is 0.628. The molecule has 2 aromatic heterocycles. The largest absolute Gasteiger partial charge is 0.311 e. The van der Waals surface area contributed by atoms with E-state index in [4.69, 9.17) is 5.10 Å². The fraction of sp³-hybridized carbons (Fsp3) is 0.529. The van der Waals surface area contributed by atoms with Gasteiger partial charge in [0, 0.05) is 25.1 Å². The second kappa shape index (κ2) is 7.36. The molecular weight excluding hydrogens is 260 g/mol. The van der Waals surface area contributed by atoms with Crippen LogP contribution in [-0.2, 0) is 13.0 Å². The molecule has 21 heavy (non-hydrogen) atoms. The Balaban J connectivity index is 1.42. The quantitative estimate of drug-likeness (QED) is 0.829. The predicted molar refractivity (Wildman–Crippen MR) is 84.0 cm³/mol. The fourth-order valence-corrected chi connectivity index (χ4v) is 3.02. The van der Waals surface area contributed by atoms with Crippen molar-refractivity contribution in [1.82, 2.24) is 20.1 Å². The van der Waals surface area contributed by atoms with Crippen molar-refractivity contribution < 1.29 is 0 Å². The molecule has 1 aliphatic carbocycles. The molecule has 2 heterocycles. The van der Waals surface area contributed by atoms with E-state index in [1.807, 2.05) is 18.5 Å². The SMILES string of the molecule is c1cncc(CCNCc2ccn(C3CCCCC3)n2)c1. The highest BCUT2D eigenvalue weighted by Crippen LogP contribution is 2.27. The van der Waals surface area contributed by atoms with Gasteiger partial charge in [-0.3, -0.25) is 9.67 Å². The Morgan fingerprint density at radius 2 is 2.10 bits per heavy atom. The molecule has 1 fully saturated rings. The Morgan fingerprint density at radius 3 is 2.90 bits per heavy atom. The van der Waals surface area contributed by atoms with Crippen molar-refractivity contribution in [3.05, 3.63) is 48.0 Å². The van der Waals surface area contributed by atoms with E-state index in [0.29, 0.717) is 6.04 Å². The van der Waals surface area contributed by atoms with Crippen LogP contribution in [0.15, 0.2) is 36.8 Å². The zero-order chi connectivity index (χ0) is 14.3. The minimum Gasteiger partial charge on any atom is -0.311 e. The third kappa shape index (κ3) is 4.14. The highest BCUT2D eigenvalue weighted by molar-refractivity contribution is 5.08. The maximum Gasteiger partial charge on any atom is 0.0762 e. The molecule has 0 saturated heterocycles. The van der Waals surface area contributed by atoms with Crippen molar-refractivity contribution in [3.63, 3.8) is 0 Å². The number of aromatic nitrogens is 3. The van der Waals surface area contributed by atoms with Crippen LogP contribution in [0.3, 0.4) is 0 Å². The lowest BCUT2D eigenvalue weighted by Crippen LogP contribution is -2.18. The Kier molecular flexibility index (Phi) is 5.00. The highest BCUT2D eigenvalue weighted by Gasteiger charge is 2.15. The standard InChI is InChI=1S/C17H24N4/c1-2-6-17(7-3-1)21-12-9-16(20-21)14-19-11-8-15-5-4-10-18-13-15/h4-5,9-10,12-13,17,19H,1-3,6-8,11,14H2. The van der Waals surface area contributed by atoms with E-state index in [9.17, 15) is 0 Å². The van der Waals surface area contributed by atoms with E-state index in [1.165, 1.54) is 37.7 Å². The molecule has 4 nitrogen and oxygen atoms in total. The van der Waals surface area contributed by atoms with Crippen LogP contribution in [0.1, 0.15) is 49.4 Å². The molecule has 1 N–H and O–H groups in total. The monoisotopic (exact) mass is 284 g/mol. The summed E-state index contributed by atoms with van der Waals surface area (Å²) in [7, 11) is 0. The number of nitrogens with zero attached hydrogens (tertiary/aromatic N) is 3. The molecule has 3 rings (SSSR count). The predicted octanol–water partition coefficient (Wildman–Crippen LogP) is 3.12. The molecule has 0 bridgehead atoms. The van der Waals surface area contributed by atoms with Crippen molar-refractivity contribution in [3.8, 4) is 0 Å². The maximum atomic E-state index is 4.72. The summed E-state index contributed by atoms with van der Waals surface area (Å²) in [6, 6.07) is 6.88. The Labute approximate surface area is 126 Å². The Bertz CT molecular complexity index is 529. The molecule has 0 spiro atoms. The van der Waals surface area contributed by atoms with E-state index in [0.717, 1.165) is 25.2 Å². The van der Waals surface area contributed by atoms with Gasteiger partial charge in [0.05, 0.1) is 11.7 Å². The average Bonchev–Trinajstić information content (AvgIpc) is 3.02. The van der Waals surface area contributed by atoms with Crippen LogP contribution in [0.2, 0.25) is 0 Å². The molecule has 0 amide bonds. The summed E-state index contributed by atoms with van der Waals surface area (Å²) < 4.78 is 2.18. The van der Waals surface area contributed by atoms with Crippen LogP contribution in [0.25, 0.3) is 0 Å². The van der Waals surface area contributed by atoms with Crippen LogP contribution in [0.4, 0.5) is 0 Å². The summed E-state index contributed by atoms with van der Waals surface area (Å²) in [4.78, 5) is 4.13. The van der Waals surface area contributed by atoms with Gasteiger partial charge in [0.1, 0.15) is 0 Å². The fourth-order valence-electron chi connectivity index (χ4n) is 3.02. The van der Waals surface area contributed by atoms with Gasteiger partial charge >= 0.3 is 0 Å². The normalized spacial score (nSPS) is 16.2. The van der Waals surface area contributed by atoms with Gasteiger partial charge in [0.15, 0.2) is 0 Å². The van der Waals surface area contributed by atoms with E-state index in [1.54, 1.807) is 0 Å². The van der Waals surface area contributed by atoms with E-state index >= 15 is 0 Å². The highest BCUT2D eigenvalue weighted by atomic mass is 15.3. The van der Waals surface area contributed by atoms with Crippen LogP contribution in [-0.4, -0.2) is 21.3 Å². The molecule has 0 aliphatic heterocycles. The minimum absolute atomic E-state index is 0.628. The zero-order valence-electron chi connectivity index (χ0n) is 12.5. The molecule has 1 aliphatic rings. The molecular formula is C17H24N4. The van der Waals surface area contributed by atoms with E-state index in [-0.39, 0.29) is 0 Å². The third-order valence-corrected chi connectivity index (χ3v) is 4.23. The summed E-state index contributed by atoms with van der Waals surface area (Å²) in [6.45, 7) is 1.81. The topological polar surface area (TPSA) is 42.7 Å². The zero-order valence-corrected chi connectivity index (χ0v) is 12.5. The van der Waals surface area contributed by atoms with Crippen molar-refractivity contribution in [2.24, 2.45) is 0 Å². The van der Waals surface area contributed by atoms with Crippen LogP contribution in [0.5, 0.6) is 0 Å². The van der Waals surface area contributed by atoms with E-state index < -0.39 is 0 Å². The first-order valence-corrected chi connectivity index (χ1v) is 8.05. The van der Waals surface area contributed by atoms with Gasteiger partial charge in [-0.25, -0.2) is 0 Å². The van der Waals surface area contributed by atoms with Gasteiger partial charge in [0.25, 0.3) is 0 Å². The van der Waals surface area contributed by atoms with Gasteiger partial charge < -0.3 is 5.32 Å². The lowest BCUT2D eigenvalue weighted by Gasteiger charge is -2.21. The molecule has 0 aromatic carbocycles. The second-order valence-corrected chi connectivity index (χ2v) is 5.87. The van der Waals surface area contributed by atoms with Gasteiger partial charge in [-0.2, -0.15) is 5.10 Å². The van der Waals surface area contributed by atoms with Crippen LogP contribution >= 0.6 is 0 Å². The summed E-state index contributed by atoms with van der Waals surface area (Å²) in [5, 5.41) is 8.18. The van der Waals surface area contributed by atoms with Crippen molar-refractivity contribution >= 4 is 0 Å². The van der Waals surface area contributed by atoms with Crippen molar-refractivity contribution in [1.29, 1.82) is 0 Å². The Morgan fingerprint density at radius 1 is 1.19 bits per heavy atom. The summed E-state index contributed by atoms with van der Waals surface area (Å²) in [5.41, 5.74) is 2.42. The van der Waals surface area contributed by atoms with E-state index in [2.05, 4.69) is 33.3 Å². The first-order valence-electron chi connectivity index (χ1n) is 8.05. The molecule has 1 saturated carbocycles. The third-order valence-electron chi connectivity index (χ3n) is 4.23. The first kappa shape index (κ1) is 14.3. The molecule has 112 valence electrons. The molecule has 0 radical (unpaired) electrons. The van der Waals surface area contributed by atoms with Gasteiger partial charge in [-0.15, -0.1) is 0 Å². The maximum absolute atomic E-state index is 4.72. The number of hydrogen-bond acceptors (Lipinski definition) is 3. The molecule has 0 atom stereocenters. The van der Waals surface area contributed by atoms with Gasteiger partial charge in [-0.1, -0.05) is 25.3 Å². The number of hydrogen-bond donors (Lipinski definition) is 1. The summed E-state index contributed by atoms with van der Waals surface area (Å²) in [5.74, 6) is 0. The van der Waals surface area contributed by atoms with Crippen molar-refractivity contribution in [2.45, 2.75) is 51.1 Å². The number of pyridine rings is 1. The lowest BCUT2D eigenvalue weighted by molar-refractivity contribution is 0.327. The molecule has 4 heteroatoms. The van der Waals surface area contributed by atoms with Crippen LogP contribution < -0.4 is 5.32 Å². The number of rotatable bonds is 6. The molecule has 0 unspecified atom stereocenters. The molecule has 2 aromatic rings. The Hall–Kier alpha value is -1.68. The summed E-state index contributed by atoms with van der Waals surface area (Å²) >= 11 is 0. The first-order chi connectivity index (χ1) is 10.4. The van der Waals surface area contributed by atoms with Gasteiger partial charge in [0.2, 0.25) is 0 Å². The second-order valence-electron chi connectivity index (χ2n) is 5.87. The van der Waals surface area contributed by atoms with Crippen molar-refractivity contribution in [2.75, 3.05) is 6.54 Å². The summed E-state index contributed by atoms with van der Waals surface area (Å²) in [6.07, 6.45) is 13.6. The smallest absolute Gasteiger partial charge is 0.0762 e. The van der Waals surface area contributed by atoms with Gasteiger partial charge in [-0.05, 0) is 43.5 Å². The average molecular weight is 284 g/mol. The lowest BCUT2D eigenvalue weighted by atomic mass is 9.96.